The van der Waals surface area contributed by atoms with Crippen LogP contribution in [-0.4, -0.2) is 56.8 Å². The van der Waals surface area contributed by atoms with Gasteiger partial charge < -0.3 is 15.4 Å². The van der Waals surface area contributed by atoms with Crippen LogP contribution >= 0.6 is 24.0 Å². The predicted octanol–water partition coefficient (Wildman–Crippen LogP) is 3.20. The third-order valence-electron chi connectivity index (χ3n) is 4.33. The predicted molar refractivity (Wildman–Crippen MR) is 121 cm³/mol. The molecule has 1 heterocycles. The Morgan fingerprint density at radius 2 is 1.96 bits per heavy atom. The molecule has 0 spiro atoms. The number of nitrogens with one attached hydrogen (secondary N) is 2. The molecule has 1 aromatic carbocycles. The number of nitrogens with zero attached hydrogens (tertiary/aromatic N) is 2. The minimum atomic E-state index is 0. The first-order chi connectivity index (χ1) is 12.1. The summed E-state index contributed by atoms with van der Waals surface area (Å²) in [5, 5.41) is 6.90. The SMILES string of the molecule is CCNC(=NCC(C)C)NCC(c1cccc(C)c1)N1CCOCC1.I. The number of morpholine rings is 1. The minimum absolute atomic E-state index is 0. The fraction of sp³-hybridized carbons (Fsp3) is 0.650. The second kappa shape index (κ2) is 12.5. The lowest BCUT2D eigenvalue weighted by Crippen LogP contribution is -2.46. The summed E-state index contributed by atoms with van der Waals surface area (Å²) in [4.78, 5) is 7.20. The Morgan fingerprint density at radius 3 is 2.58 bits per heavy atom. The largest absolute Gasteiger partial charge is 0.379 e. The molecule has 1 atom stereocenters. The normalized spacial score (nSPS) is 16.9. The summed E-state index contributed by atoms with van der Waals surface area (Å²) in [5.41, 5.74) is 2.66. The van der Waals surface area contributed by atoms with Gasteiger partial charge in [-0.1, -0.05) is 43.7 Å². The van der Waals surface area contributed by atoms with E-state index in [2.05, 4.69) is 67.5 Å². The highest BCUT2D eigenvalue weighted by Crippen LogP contribution is 2.22. The highest BCUT2D eigenvalue weighted by molar-refractivity contribution is 14.0. The molecule has 0 saturated carbocycles. The number of ether oxygens (including phenoxy) is 1. The van der Waals surface area contributed by atoms with Gasteiger partial charge >= 0.3 is 0 Å². The fourth-order valence-electron chi connectivity index (χ4n) is 3.03. The Hall–Kier alpha value is -0.860. The molecule has 1 saturated heterocycles. The van der Waals surface area contributed by atoms with Crippen molar-refractivity contribution in [1.29, 1.82) is 0 Å². The summed E-state index contributed by atoms with van der Waals surface area (Å²) in [6.07, 6.45) is 0. The molecular weight excluding hydrogens is 439 g/mol. The second-order valence-corrected chi connectivity index (χ2v) is 7.07. The quantitative estimate of drug-likeness (QED) is 0.362. The number of aryl methyl sites for hydroxylation is 1. The topological polar surface area (TPSA) is 48.9 Å². The van der Waals surface area contributed by atoms with Crippen molar-refractivity contribution < 1.29 is 4.74 Å². The van der Waals surface area contributed by atoms with Gasteiger partial charge in [0.1, 0.15) is 0 Å². The average Bonchev–Trinajstić information content (AvgIpc) is 2.60. The van der Waals surface area contributed by atoms with Crippen LogP contribution in [0.15, 0.2) is 29.3 Å². The number of halogens is 1. The fourth-order valence-corrected chi connectivity index (χ4v) is 3.03. The van der Waals surface area contributed by atoms with Crippen molar-refractivity contribution in [3.63, 3.8) is 0 Å². The second-order valence-electron chi connectivity index (χ2n) is 7.07. The molecule has 1 aliphatic rings. The molecule has 148 valence electrons. The highest BCUT2D eigenvalue weighted by Gasteiger charge is 2.23. The smallest absolute Gasteiger partial charge is 0.191 e. The number of rotatable bonds is 7. The maximum Gasteiger partial charge on any atom is 0.191 e. The van der Waals surface area contributed by atoms with Crippen LogP contribution in [-0.2, 0) is 4.74 Å². The summed E-state index contributed by atoms with van der Waals surface area (Å²) in [5.74, 6) is 1.46. The molecule has 0 aliphatic carbocycles. The first-order valence-electron chi connectivity index (χ1n) is 9.50. The molecule has 26 heavy (non-hydrogen) atoms. The van der Waals surface area contributed by atoms with Gasteiger partial charge in [0.05, 0.1) is 19.3 Å². The van der Waals surface area contributed by atoms with Crippen LogP contribution in [0, 0.1) is 12.8 Å². The van der Waals surface area contributed by atoms with Crippen LogP contribution < -0.4 is 10.6 Å². The molecule has 1 aromatic rings. The summed E-state index contributed by atoms with van der Waals surface area (Å²) in [6.45, 7) is 14.8. The van der Waals surface area contributed by atoms with E-state index >= 15 is 0 Å². The van der Waals surface area contributed by atoms with E-state index in [9.17, 15) is 0 Å². The highest BCUT2D eigenvalue weighted by atomic mass is 127. The van der Waals surface area contributed by atoms with Gasteiger partial charge in [0.15, 0.2) is 5.96 Å². The Morgan fingerprint density at radius 1 is 1.23 bits per heavy atom. The minimum Gasteiger partial charge on any atom is -0.379 e. The zero-order chi connectivity index (χ0) is 18.1. The zero-order valence-electron chi connectivity index (χ0n) is 16.6. The third-order valence-corrected chi connectivity index (χ3v) is 4.33. The molecule has 0 bridgehead atoms. The molecule has 1 unspecified atom stereocenters. The maximum absolute atomic E-state index is 5.54. The average molecular weight is 474 g/mol. The Bertz CT molecular complexity index is 544. The molecule has 2 rings (SSSR count). The van der Waals surface area contributed by atoms with E-state index in [0.29, 0.717) is 12.0 Å². The first-order valence-corrected chi connectivity index (χ1v) is 9.50. The molecule has 0 radical (unpaired) electrons. The Labute approximate surface area is 176 Å². The lowest BCUT2D eigenvalue weighted by molar-refractivity contribution is 0.0170. The van der Waals surface area contributed by atoms with Crippen LogP contribution in [0.2, 0.25) is 0 Å². The number of benzene rings is 1. The molecule has 6 heteroatoms. The third kappa shape index (κ3) is 7.80. The van der Waals surface area contributed by atoms with Crippen LogP contribution in [0.3, 0.4) is 0 Å². The van der Waals surface area contributed by atoms with Gasteiger partial charge in [-0.05, 0) is 25.3 Å². The molecule has 0 amide bonds. The van der Waals surface area contributed by atoms with Crippen LogP contribution in [0.1, 0.15) is 37.9 Å². The van der Waals surface area contributed by atoms with Gasteiger partial charge in [0.2, 0.25) is 0 Å². The van der Waals surface area contributed by atoms with Crippen molar-refractivity contribution in [1.82, 2.24) is 15.5 Å². The van der Waals surface area contributed by atoms with Crippen molar-refractivity contribution in [2.45, 2.75) is 33.7 Å². The van der Waals surface area contributed by atoms with Crippen molar-refractivity contribution >= 4 is 29.9 Å². The standard InChI is InChI=1S/C20H34N4O.HI/c1-5-21-20(22-14-16(2)3)23-15-19(24-9-11-25-12-10-24)18-8-6-7-17(4)13-18;/h6-8,13,16,19H,5,9-12,14-15H2,1-4H3,(H2,21,22,23);1H. The van der Waals surface area contributed by atoms with E-state index in [1.165, 1.54) is 11.1 Å². The van der Waals surface area contributed by atoms with Gasteiger partial charge in [0.25, 0.3) is 0 Å². The summed E-state index contributed by atoms with van der Waals surface area (Å²) in [7, 11) is 0. The van der Waals surface area contributed by atoms with E-state index in [1.807, 2.05) is 0 Å². The molecule has 1 aliphatic heterocycles. The van der Waals surface area contributed by atoms with Crippen molar-refractivity contribution in [3.8, 4) is 0 Å². The summed E-state index contributed by atoms with van der Waals surface area (Å²) < 4.78 is 5.54. The number of hydrogen-bond acceptors (Lipinski definition) is 3. The van der Waals surface area contributed by atoms with Gasteiger partial charge in [0, 0.05) is 32.7 Å². The summed E-state index contributed by atoms with van der Waals surface area (Å²) in [6, 6.07) is 9.15. The number of aliphatic imine (C=N–C) groups is 1. The maximum atomic E-state index is 5.54. The zero-order valence-corrected chi connectivity index (χ0v) is 19.0. The van der Waals surface area contributed by atoms with E-state index in [1.54, 1.807) is 0 Å². The van der Waals surface area contributed by atoms with Gasteiger partial charge in [-0.2, -0.15) is 0 Å². The van der Waals surface area contributed by atoms with E-state index in [-0.39, 0.29) is 24.0 Å². The molecule has 1 fully saturated rings. The lowest BCUT2D eigenvalue weighted by atomic mass is 10.0. The molecule has 2 N–H and O–H groups in total. The monoisotopic (exact) mass is 474 g/mol. The van der Waals surface area contributed by atoms with Crippen LogP contribution in [0.25, 0.3) is 0 Å². The molecule has 0 aromatic heterocycles. The summed E-state index contributed by atoms with van der Waals surface area (Å²) >= 11 is 0. The van der Waals surface area contributed by atoms with Crippen LogP contribution in [0.5, 0.6) is 0 Å². The van der Waals surface area contributed by atoms with Gasteiger partial charge in [-0.25, -0.2) is 0 Å². The number of hydrogen-bond donors (Lipinski definition) is 2. The molecular formula is C20H35IN4O. The van der Waals surface area contributed by atoms with Crippen molar-refractivity contribution in [2.75, 3.05) is 45.9 Å². The van der Waals surface area contributed by atoms with Gasteiger partial charge in [-0.15, -0.1) is 24.0 Å². The van der Waals surface area contributed by atoms with Crippen molar-refractivity contribution in [2.24, 2.45) is 10.9 Å². The van der Waals surface area contributed by atoms with E-state index in [4.69, 9.17) is 9.73 Å². The Balaban J connectivity index is 0.00000338. The van der Waals surface area contributed by atoms with Crippen molar-refractivity contribution in [3.05, 3.63) is 35.4 Å². The Kier molecular flexibility index (Phi) is 11.2. The number of guanidine groups is 1. The first kappa shape index (κ1) is 23.2. The lowest BCUT2D eigenvalue weighted by Gasteiger charge is -2.35. The molecule has 5 nitrogen and oxygen atoms in total. The van der Waals surface area contributed by atoms with Crippen LogP contribution in [0.4, 0.5) is 0 Å². The van der Waals surface area contributed by atoms with E-state index in [0.717, 1.165) is 51.9 Å². The van der Waals surface area contributed by atoms with E-state index < -0.39 is 0 Å². The van der Waals surface area contributed by atoms with Gasteiger partial charge in [-0.3, -0.25) is 9.89 Å².